The topological polar surface area (TPSA) is 35.5 Å². The zero-order chi connectivity index (χ0) is 12.8. The molecule has 7 heteroatoms. The van der Waals surface area contributed by atoms with Gasteiger partial charge in [0.2, 0.25) is 0 Å². The fraction of sp³-hybridized carbons (Fsp3) is 1.00. The zero-order valence-corrected chi connectivity index (χ0v) is 10.6. The summed E-state index contributed by atoms with van der Waals surface area (Å²) >= 11 is -0.0565. The van der Waals surface area contributed by atoms with Crippen molar-refractivity contribution in [2.45, 2.75) is 18.0 Å². The van der Waals surface area contributed by atoms with Crippen LogP contribution in [0.2, 0.25) is 0 Å². The standard InChI is InChI=1S/C9H19F3N2OS/c1-8(15,7-14(2)3)6-13-4-5-16-9(10,11)12/h13,15H,4-7H2,1-3H3. The Morgan fingerprint density at radius 3 is 2.31 bits per heavy atom. The Morgan fingerprint density at radius 1 is 1.31 bits per heavy atom. The molecule has 0 spiro atoms. The summed E-state index contributed by atoms with van der Waals surface area (Å²) in [6, 6.07) is 0. The first-order valence-corrected chi connectivity index (χ1v) is 5.89. The minimum Gasteiger partial charge on any atom is -0.388 e. The maximum absolute atomic E-state index is 11.8. The lowest BCUT2D eigenvalue weighted by Gasteiger charge is -2.27. The number of likely N-dealkylation sites (N-methyl/N-ethyl adjacent to an activating group) is 1. The van der Waals surface area contributed by atoms with E-state index in [4.69, 9.17) is 0 Å². The van der Waals surface area contributed by atoms with E-state index in [1.807, 2.05) is 19.0 Å². The van der Waals surface area contributed by atoms with Gasteiger partial charge in [0, 0.05) is 25.4 Å². The molecule has 0 bridgehead atoms. The van der Waals surface area contributed by atoms with Crippen LogP contribution >= 0.6 is 11.8 Å². The quantitative estimate of drug-likeness (QED) is 0.673. The number of nitrogens with one attached hydrogen (secondary N) is 1. The molecule has 0 saturated carbocycles. The Hall–Kier alpha value is 0.0200. The number of hydrogen-bond donors (Lipinski definition) is 2. The second-order valence-electron chi connectivity index (χ2n) is 4.21. The van der Waals surface area contributed by atoms with Crippen molar-refractivity contribution in [3.63, 3.8) is 0 Å². The lowest BCUT2D eigenvalue weighted by molar-refractivity contribution is -0.0327. The number of rotatable bonds is 7. The summed E-state index contributed by atoms with van der Waals surface area (Å²) in [5.41, 5.74) is -5.10. The van der Waals surface area contributed by atoms with Crippen LogP contribution in [0, 0.1) is 0 Å². The Labute approximate surface area is 98.4 Å². The number of halogens is 3. The van der Waals surface area contributed by atoms with Gasteiger partial charge < -0.3 is 15.3 Å². The van der Waals surface area contributed by atoms with Crippen LogP contribution < -0.4 is 5.32 Å². The summed E-state index contributed by atoms with van der Waals surface area (Å²) in [5.74, 6) is -0.0401. The van der Waals surface area contributed by atoms with Crippen molar-refractivity contribution in [1.29, 1.82) is 0 Å². The van der Waals surface area contributed by atoms with Gasteiger partial charge in [0.15, 0.2) is 0 Å². The molecule has 0 fully saturated rings. The first kappa shape index (κ1) is 16.0. The molecule has 98 valence electrons. The van der Waals surface area contributed by atoms with Gasteiger partial charge >= 0.3 is 5.51 Å². The summed E-state index contributed by atoms with van der Waals surface area (Å²) in [7, 11) is 3.65. The largest absolute Gasteiger partial charge is 0.441 e. The maximum Gasteiger partial charge on any atom is 0.441 e. The molecule has 0 amide bonds. The van der Waals surface area contributed by atoms with Crippen LogP contribution in [0.4, 0.5) is 13.2 Å². The molecule has 0 heterocycles. The van der Waals surface area contributed by atoms with E-state index in [0.29, 0.717) is 6.54 Å². The van der Waals surface area contributed by atoms with Crippen LogP contribution in [-0.2, 0) is 0 Å². The van der Waals surface area contributed by atoms with Crippen molar-refractivity contribution >= 4 is 11.8 Å². The van der Waals surface area contributed by atoms with E-state index in [-0.39, 0.29) is 30.6 Å². The fourth-order valence-electron chi connectivity index (χ4n) is 1.33. The number of aliphatic hydroxyl groups is 1. The third-order valence-corrected chi connectivity index (χ3v) is 2.44. The van der Waals surface area contributed by atoms with Crippen LogP contribution in [0.3, 0.4) is 0 Å². The Balaban J connectivity index is 3.58. The highest BCUT2D eigenvalue weighted by Crippen LogP contribution is 2.29. The molecular formula is C9H19F3N2OS. The molecule has 0 saturated heterocycles. The Bertz CT molecular complexity index is 198. The molecule has 0 aromatic carbocycles. The predicted octanol–water partition coefficient (Wildman–Crippen LogP) is 1.14. The highest BCUT2D eigenvalue weighted by atomic mass is 32.2. The van der Waals surface area contributed by atoms with E-state index in [0.717, 1.165) is 0 Å². The highest BCUT2D eigenvalue weighted by Gasteiger charge is 2.27. The number of alkyl halides is 3. The zero-order valence-electron chi connectivity index (χ0n) is 9.76. The van der Waals surface area contributed by atoms with Gasteiger partial charge in [-0.3, -0.25) is 0 Å². The molecule has 0 aromatic rings. The van der Waals surface area contributed by atoms with Crippen LogP contribution in [0.25, 0.3) is 0 Å². The second kappa shape index (κ2) is 6.68. The molecule has 0 aliphatic carbocycles. The van der Waals surface area contributed by atoms with Gasteiger partial charge in [0.1, 0.15) is 0 Å². The predicted molar refractivity (Wildman–Crippen MR) is 60.6 cm³/mol. The van der Waals surface area contributed by atoms with Crippen LogP contribution in [0.5, 0.6) is 0 Å². The number of hydrogen-bond acceptors (Lipinski definition) is 4. The van der Waals surface area contributed by atoms with Gasteiger partial charge in [-0.2, -0.15) is 13.2 Å². The molecular weight excluding hydrogens is 241 g/mol. The minimum atomic E-state index is -4.17. The number of thioether (sulfide) groups is 1. The van der Waals surface area contributed by atoms with E-state index < -0.39 is 11.1 Å². The molecule has 1 atom stereocenters. The molecule has 3 nitrogen and oxygen atoms in total. The third-order valence-electron chi connectivity index (χ3n) is 1.71. The van der Waals surface area contributed by atoms with Gasteiger partial charge in [-0.05, 0) is 32.8 Å². The average Bonchev–Trinajstić information content (AvgIpc) is 1.98. The van der Waals surface area contributed by atoms with Gasteiger partial charge in [-0.1, -0.05) is 0 Å². The van der Waals surface area contributed by atoms with Crippen molar-refractivity contribution in [2.24, 2.45) is 0 Å². The molecule has 2 N–H and O–H groups in total. The second-order valence-corrected chi connectivity index (χ2v) is 5.37. The van der Waals surface area contributed by atoms with E-state index >= 15 is 0 Å². The molecule has 16 heavy (non-hydrogen) atoms. The first-order chi connectivity index (χ1) is 7.12. The number of nitrogens with zero attached hydrogens (tertiary/aromatic N) is 1. The monoisotopic (exact) mass is 260 g/mol. The lowest BCUT2D eigenvalue weighted by atomic mass is 10.1. The van der Waals surface area contributed by atoms with Gasteiger partial charge in [-0.15, -0.1) is 0 Å². The summed E-state index contributed by atoms with van der Waals surface area (Å²) in [6.45, 7) is 2.63. The van der Waals surface area contributed by atoms with E-state index in [2.05, 4.69) is 5.32 Å². The lowest BCUT2D eigenvalue weighted by Crippen LogP contribution is -2.46. The molecule has 1 unspecified atom stereocenters. The SMILES string of the molecule is CN(C)CC(C)(O)CNCCSC(F)(F)F. The van der Waals surface area contributed by atoms with Crippen molar-refractivity contribution in [2.75, 3.05) is 39.5 Å². The summed E-state index contributed by atoms with van der Waals surface area (Å²) < 4.78 is 35.3. The Kier molecular flexibility index (Phi) is 6.69. The van der Waals surface area contributed by atoms with E-state index in [1.54, 1.807) is 6.92 Å². The average molecular weight is 260 g/mol. The van der Waals surface area contributed by atoms with Gasteiger partial charge in [0.05, 0.1) is 5.60 Å². The van der Waals surface area contributed by atoms with Crippen LogP contribution in [0.1, 0.15) is 6.92 Å². The Morgan fingerprint density at radius 2 is 1.88 bits per heavy atom. The van der Waals surface area contributed by atoms with Crippen molar-refractivity contribution < 1.29 is 18.3 Å². The summed E-state index contributed by atoms with van der Waals surface area (Å²) in [6.07, 6.45) is 0. The normalized spacial score (nSPS) is 16.5. The smallest absolute Gasteiger partial charge is 0.388 e. The minimum absolute atomic E-state index is 0.0401. The van der Waals surface area contributed by atoms with E-state index in [9.17, 15) is 18.3 Å². The molecule has 0 aliphatic heterocycles. The van der Waals surface area contributed by atoms with Gasteiger partial charge in [-0.25, -0.2) is 0 Å². The molecule has 0 radical (unpaired) electrons. The van der Waals surface area contributed by atoms with Crippen molar-refractivity contribution in [1.82, 2.24) is 10.2 Å². The molecule has 0 aromatic heterocycles. The van der Waals surface area contributed by atoms with E-state index in [1.165, 1.54) is 0 Å². The molecule has 0 aliphatic rings. The first-order valence-electron chi connectivity index (χ1n) is 4.91. The van der Waals surface area contributed by atoms with Crippen LogP contribution in [-0.4, -0.2) is 60.6 Å². The summed E-state index contributed by atoms with van der Waals surface area (Å²) in [5, 5.41) is 12.6. The summed E-state index contributed by atoms with van der Waals surface area (Å²) in [4.78, 5) is 1.83. The van der Waals surface area contributed by atoms with Crippen molar-refractivity contribution in [3.8, 4) is 0 Å². The fourth-order valence-corrected chi connectivity index (χ4v) is 1.81. The van der Waals surface area contributed by atoms with Gasteiger partial charge in [0.25, 0.3) is 0 Å². The highest BCUT2D eigenvalue weighted by molar-refractivity contribution is 8.00. The van der Waals surface area contributed by atoms with Crippen LogP contribution in [0.15, 0.2) is 0 Å². The van der Waals surface area contributed by atoms with Crippen molar-refractivity contribution in [3.05, 3.63) is 0 Å². The molecule has 0 rings (SSSR count). The maximum atomic E-state index is 11.8. The third kappa shape index (κ3) is 10.5.